The van der Waals surface area contributed by atoms with Gasteiger partial charge in [0.25, 0.3) is 5.91 Å². The first-order valence-corrected chi connectivity index (χ1v) is 7.17. The number of carbonyl (C=O) groups excluding carboxylic acids is 2. The highest BCUT2D eigenvalue weighted by Gasteiger charge is 2.15. The van der Waals surface area contributed by atoms with Gasteiger partial charge in [-0.15, -0.1) is 0 Å². The van der Waals surface area contributed by atoms with Crippen molar-refractivity contribution >= 4 is 29.0 Å². The van der Waals surface area contributed by atoms with Crippen LogP contribution in [-0.4, -0.2) is 17.8 Å². The summed E-state index contributed by atoms with van der Waals surface area (Å²) in [4.78, 5) is 23.4. The third-order valence-corrected chi connectivity index (χ3v) is 3.29. The van der Waals surface area contributed by atoms with E-state index in [1.54, 1.807) is 55.5 Å². The van der Waals surface area contributed by atoms with E-state index in [0.717, 1.165) is 0 Å². The van der Waals surface area contributed by atoms with E-state index in [1.807, 2.05) is 0 Å². The normalized spacial score (nSPS) is 11.6. The number of rotatable bonds is 5. The summed E-state index contributed by atoms with van der Waals surface area (Å²) in [5.41, 5.74) is 1.19. The number of halogens is 1. The molecular formula is C17H16ClNO3. The molecule has 0 aliphatic rings. The van der Waals surface area contributed by atoms with E-state index < -0.39 is 6.10 Å². The molecule has 5 heteroatoms. The summed E-state index contributed by atoms with van der Waals surface area (Å²) in [5, 5.41) is 3.34. The molecule has 1 unspecified atom stereocenters. The first-order valence-electron chi connectivity index (χ1n) is 6.80. The molecule has 1 N–H and O–H groups in total. The third-order valence-electron chi connectivity index (χ3n) is 3.03. The molecule has 2 rings (SSSR count). The van der Waals surface area contributed by atoms with Gasteiger partial charge in [-0.25, -0.2) is 0 Å². The molecule has 0 radical (unpaired) electrons. The largest absolute Gasteiger partial charge is 0.481 e. The molecule has 0 saturated carbocycles. The smallest absolute Gasteiger partial charge is 0.265 e. The predicted molar refractivity (Wildman–Crippen MR) is 86.6 cm³/mol. The van der Waals surface area contributed by atoms with Crippen molar-refractivity contribution in [3.05, 3.63) is 59.1 Å². The number of amides is 1. The number of benzene rings is 2. The Hall–Kier alpha value is -2.33. The standard InChI is InChI=1S/C17H16ClNO3/c1-11(20)13-4-3-5-16(10-13)22-12(2)17(21)19-15-8-6-14(18)7-9-15/h3-10,12H,1-2H3,(H,19,21). The van der Waals surface area contributed by atoms with E-state index in [2.05, 4.69) is 5.32 Å². The summed E-state index contributed by atoms with van der Waals surface area (Å²) < 4.78 is 5.57. The van der Waals surface area contributed by atoms with Crippen molar-refractivity contribution in [3.8, 4) is 5.75 Å². The molecule has 0 fully saturated rings. The Balaban J connectivity index is 2.00. The summed E-state index contributed by atoms with van der Waals surface area (Å²) in [5.74, 6) is 0.144. The van der Waals surface area contributed by atoms with Crippen LogP contribution in [0.5, 0.6) is 5.75 Å². The van der Waals surface area contributed by atoms with Gasteiger partial charge in [-0.2, -0.15) is 0 Å². The highest BCUT2D eigenvalue weighted by Crippen LogP contribution is 2.17. The minimum Gasteiger partial charge on any atom is -0.481 e. The molecule has 0 aliphatic carbocycles. The van der Waals surface area contributed by atoms with Crippen LogP contribution in [0.1, 0.15) is 24.2 Å². The molecule has 0 aromatic heterocycles. The molecule has 0 bridgehead atoms. The lowest BCUT2D eigenvalue weighted by molar-refractivity contribution is -0.122. The SMILES string of the molecule is CC(=O)c1cccc(OC(C)C(=O)Nc2ccc(Cl)cc2)c1. The zero-order chi connectivity index (χ0) is 16.1. The van der Waals surface area contributed by atoms with Crippen LogP contribution in [0.3, 0.4) is 0 Å². The molecule has 114 valence electrons. The number of anilines is 1. The maximum Gasteiger partial charge on any atom is 0.265 e. The summed E-state index contributed by atoms with van der Waals surface area (Å²) in [6, 6.07) is 13.6. The summed E-state index contributed by atoms with van der Waals surface area (Å²) >= 11 is 5.79. The highest BCUT2D eigenvalue weighted by atomic mass is 35.5. The number of carbonyl (C=O) groups is 2. The van der Waals surface area contributed by atoms with E-state index in [-0.39, 0.29) is 11.7 Å². The van der Waals surface area contributed by atoms with Gasteiger partial charge >= 0.3 is 0 Å². The van der Waals surface area contributed by atoms with Crippen LogP contribution in [0.15, 0.2) is 48.5 Å². The fraction of sp³-hybridized carbons (Fsp3) is 0.176. The molecule has 1 atom stereocenters. The maximum atomic E-state index is 12.1. The van der Waals surface area contributed by atoms with E-state index in [9.17, 15) is 9.59 Å². The summed E-state index contributed by atoms with van der Waals surface area (Å²) in [6.45, 7) is 3.13. The average Bonchev–Trinajstić information content (AvgIpc) is 2.49. The maximum absolute atomic E-state index is 12.1. The second kappa shape index (κ2) is 7.09. The monoisotopic (exact) mass is 317 g/mol. The Morgan fingerprint density at radius 3 is 2.45 bits per heavy atom. The van der Waals surface area contributed by atoms with E-state index >= 15 is 0 Å². The van der Waals surface area contributed by atoms with Crippen molar-refractivity contribution in [2.75, 3.05) is 5.32 Å². The highest BCUT2D eigenvalue weighted by molar-refractivity contribution is 6.30. The zero-order valence-electron chi connectivity index (χ0n) is 12.3. The fourth-order valence-corrected chi connectivity index (χ4v) is 1.95. The van der Waals surface area contributed by atoms with E-state index in [1.165, 1.54) is 6.92 Å². The van der Waals surface area contributed by atoms with E-state index in [0.29, 0.717) is 22.0 Å². The lowest BCUT2D eigenvalue weighted by Gasteiger charge is -2.15. The molecule has 4 nitrogen and oxygen atoms in total. The quantitative estimate of drug-likeness (QED) is 0.850. The van der Waals surface area contributed by atoms with Gasteiger partial charge in [-0.3, -0.25) is 9.59 Å². The van der Waals surface area contributed by atoms with Crippen molar-refractivity contribution in [2.24, 2.45) is 0 Å². The molecule has 0 aliphatic heterocycles. The molecule has 0 saturated heterocycles. The minimum atomic E-state index is -0.696. The van der Waals surface area contributed by atoms with Gasteiger partial charge in [0.1, 0.15) is 5.75 Å². The summed E-state index contributed by atoms with van der Waals surface area (Å²) in [7, 11) is 0. The molecule has 0 spiro atoms. The van der Waals surface area contributed by atoms with Crippen LogP contribution < -0.4 is 10.1 Å². The number of ketones is 1. The third kappa shape index (κ3) is 4.33. The Morgan fingerprint density at radius 1 is 1.14 bits per heavy atom. The number of Topliss-reactive ketones (excluding diaryl/α,β-unsaturated/α-hetero) is 1. The van der Waals surface area contributed by atoms with Crippen LogP contribution in [0.4, 0.5) is 5.69 Å². The second-order valence-corrected chi connectivity index (χ2v) is 5.28. The minimum absolute atomic E-state index is 0.0521. The van der Waals surface area contributed by atoms with Crippen LogP contribution in [0.25, 0.3) is 0 Å². The van der Waals surface area contributed by atoms with Gasteiger partial charge in [0.15, 0.2) is 11.9 Å². The molecule has 1 amide bonds. The van der Waals surface area contributed by atoms with Crippen molar-refractivity contribution in [1.82, 2.24) is 0 Å². The average molecular weight is 318 g/mol. The van der Waals surface area contributed by atoms with Crippen molar-refractivity contribution in [3.63, 3.8) is 0 Å². The van der Waals surface area contributed by atoms with Gasteiger partial charge in [-0.05, 0) is 50.2 Å². The lowest BCUT2D eigenvalue weighted by atomic mass is 10.1. The van der Waals surface area contributed by atoms with Gasteiger partial charge in [0.2, 0.25) is 0 Å². The first-order chi connectivity index (χ1) is 10.5. The zero-order valence-corrected chi connectivity index (χ0v) is 13.1. The Bertz CT molecular complexity index is 683. The van der Waals surface area contributed by atoms with Gasteiger partial charge in [0.05, 0.1) is 0 Å². The molecule has 22 heavy (non-hydrogen) atoms. The van der Waals surface area contributed by atoms with Crippen molar-refractivity contribution in [1.29, 1.82) is 0 Å². The Labute approximate surface area is 134 Å². The van der Waals surface area contributed by atoms with Crippen molar-refractivity contribution < 1.29 is 14.3 Å². The van der Waals surface area contributed by atoms with Crippen LogP contribution in [-0.2, 0) is 4.79 Å². The summed E-state index contributed by atoms with van der Waals surface area (Å²) in [6.07, 6.45) is -0.696. The van der Waals surface area contributed by atoms with Crippen LogP contribution >= 0.6 is 11.6 Å². The number of hydrogen-bond acceptors (Lipinski definition) is 3. The molecule has 2 aromatic rings. The van der Waals surface area contributed by atoms with Crippen molar-refractivity contribution in [2.45, 2.75) is 20.0 Å². The van der Waals surface area contributed by atoms with Gasteiger partial charge < -0.3 is 10.1 Å². The topological polar surface area (TPSA) is 55.4 Å². The fourth-order valence-electron chi connectivity index (χ4n) is 1.82. The molecular weight excluding hydrogens is 302 g/mol. The lowest BCUT2D eigenvalue weighted by Crippen LogP contribution is -2.30. The Kier molecular flexibility index (Phi) is 5.17. The first kappa shape index (κ1) is 16.0. The second-order valence-electron chi connectivity index (χ2n) is 4.84. The van der Waals surface area contributed by atoms with Crippen LogP contribution in [0, 0.1) is 0 Å². The molecule has 2 aromatic carbocycles. The predicted octanol–water partition coefficient (Wildman–Crippen LogP) is 3.95. The van der Waals surface area contributed by atoms with Gasteiger partial charge in [0, 0.05) is 16.3 Å². The molecule has 0 heterocycles. The number of hydrogen-bond donors (Lipinski definition) is 1. The van der Waals surface area contributed by atoms with Gasteiger partial charge in [-0.1, -0.05) is 23.7 Å². The number of ether oxygens (including phenoxy) is 1. The van der Waals surface area contributed by atoms with E-state index in [4.69, 9.17) is 16.3 Å². The van der Waals surface area contributed by atoms with Crippen LogP contribution in [0.2, 0.25) is 5.02 Å². The number of nitrogens with one attached hydrogen (secondary N) is 1. The Morgan fingerprint density at radius 2 is 1.82 bits per heavy atom.